The second-order valence-corrected chi connectivity index (χ2v) is 2.99. The molecule has 1 aromatic rings. The van der Waals surface area contributed by atoms with Crippen LogP contribution in [-0.2, 0) is 4.74 Å². The Morgan fingerprint density at radius 3 is 2.57 bits per heavy atom. The molecule has 0 aliphatic rings. The summed E-state index contributed by atoms with van der Waals surface area (Å²) in [4.78, 5) is 11.1. The maximum atomic E-state index is 11.1. The van der Waals surface area contributed by atoms with Crippen molar-refractivity contribution in [1.82, 2.24) is 9.78 Å². The third-order valence-corrected chi connectivity index (χ3v) is 1.69. The molecule has 0 atom stereocenters. The number of hydrogen-bond acceptors (Lipinski definition) is 4. The molecule has 1 rings (SSSR count). The number of halogens is 1. The van der Waals surface area contributed by atoms with Crippen molar-refractivity contribution in [2.75, 3.05) is 12.8 Å². The van der Waals surface area contributed by atoms with Gasteiger partial charge in [-0.1, -0.05) is 0 Å². The molecule has 0 saturated carbocycles. The van der Waals surface area contributed by atoms with Gasteiger partial charge in [0, 0.05) is 12.2 Å². The van der Waals surface area contributed by atoms with E-state index in [1.807, 2.05) is 13.8 Å². The molecule has 0 bridgehead atoms. The lowest BCUT2D eigenvalue weighted by Gasteiger charge is -2.02. The van der Waals surface area contributed by atoms with Gasteiger partial charge in [-0.2, -0.15) is 5.10 Å². The summed E-state index contributed by atoms with van der Waals surface area (Å²) in [5.74, 6) is -0.245. The van der Waals surface area contributed by atoms with Crippen LogP contribution in [0.25, 0.3) is 0 Å². The van der Waals surface area contributed by atoms with Gasteiger partial charge in [0.2, 0.25) is 0 Å². The minimum Gasteiger partial charge on any atom is -0.465 e. The highest BCUT2D eigenvalue weighted by Gasteiger charge is 2.15. The number of rotatable bonds is 2. The quantitative estimate of drug-likeness (QED) is 0.761. The molecule has 0 spiro atoms. The van der Waals surface area contributed by atoms with E-state index in [0.29, 0.717) is 5.56 Å². The van der Waals surface area contributed by atoms with Gasteiger partial charge in [-0.25, -0.2) is 4.79 Å². The maximum absolute atomic E-state index is 11.1. The highest BCUT2D eigenvalue weighted by atomic mass is 35.5. The van der Waals surface area contributed by atoms with Crippen LogP contribution >= 0.6 is 12.4 Å². The lowest BCUT2D eigenvalue weighted by Crippen LogP contribution is -2.02. The second-order valence-electron chi connectivity index (χ2n) is 2.99. The zero-order chi connectivity index (χ0) is 10.0. The van der Waals surface area contributed by atoms with Crippen LogP contribution in [-0.4, -0.2) is 22.9 Å². The fourth-order valence-electron chi connectivity index (χ4n) is 0.937. The van der Waals surface area contributed by atoms with Crippen molar-refractivity contribution < 1.29 is 9.53 Å². The van der Waals surface area contributed by atoms with Gasteiger partial charge in [0.1, 0.15) is 5.56 Å². The zero-order valence-corrected chi connectivity index (χ0v) is 9.17. The zero-order valence-electron chi connectivity index (χ0n) is 8.35. The molecule has 0 aliphatic carbocycles. The van der Waals surface area contributed by atoms with Gasteiger partial charge in [0.25, 0.3) is 0 Å². The van der Waals surface area contributed by atoms with Crippen LogP contribution in [0.2, 0.25) is 0 Å². The van der Waals surface area contributed by atoms with Crippen LogP contribution in [0.5, 0.6) is 0 Å². The van der Waals surface area contributed by atoms with Gasteiger partial charge >= 0.3 is 5.97 Å². The Labute approximate surface area is 88.6 Å². The predicted octanol–water partition coefficient (Wildman–Crippen LogP) is 1.25. The highest BCUT2D eigenvalue weighted by molar-refractivity contribution is 5.93. The number of hydrogen-bond donors (Lipinski definition) is 1. The number of nitrogen functional groups attached to an aromatic ring is 1. The number of nitrogens with zero attached hydrogens (tertiary/aromatic N) is 2. The Morgan fingerprint density at radius 1 is 1.64 bits per heavy atom. The van der Waals surface area contributed by atoms with Crippen molar-refractivity contribution in [1.29, 1.82) is 0 Å². The van der Waals surface area contributed by atoms with Gasteiger partial charge in [0.15, 0.2) is 5.82 Å². The topological polar surface area (TPSA) is 70.1 Å². The first-order valence-electron chi connectivity index (χ1n) is 3.99. The molecule has 6 heteroatoms. The molecule has 0 aromatic carbocycles. The summed E-state index contributed by atoms with van der Waals surface area (Å²) in [6, 6.07) is 0.181. The first-order chi connectivity index (χ1) is 6.06. The summed E-state index contributed by atoms with van der Waals surface area (Å²) >= 11 is 0. The fourth-order valence-corrected chi connectivity index (χ4v) is 0.937. The van der Waals surface area contributed by atoms with Crippen LogP contribution in [0.3, 0.4) is 0 Å². The summed E-state index contributed by atoms with van der Waals surface area (Å²) in [6.07, 6.45) is 1.59. The van der Waals surface area contributed by atoms with Gasteiger partial charge in [-0.15, -0.1) is 12.4 Å². The number of aromatic nitrogens is 2. The molecule has 5 nitrogen and oxygen atoms in total. The van der Waals surface area contributed by atoms with E-state index < -0.39 is 5.97 Å². The Balaban J connectivity index is 0.00000169. The third kappa shape index (κ3) is 2.38. The van der Waals surface area contributed by atoms with E-state index in [0.717, 1.165) is 0 Å². The predicted molar refractivity (Wildman–Crippen MR) is 55.6 cm³/mol. The molecule has 2 N–H and O–H groups in total. The molecular weight excluding hydrogens is 206 g/mol. The van der Waals surface area contributed by atoms with E-state index in [2.05, 4.69) is 9.84 Å². The fraction of sp³-hybridized carbons (Fsp3) is 0.500. The Bertz CT molecular complexity index is 322. The van der Waals surface area contributed by atoms with Gasteiger partial charge in [0.05, 0.1) is 7.11 Å². The molecule has 0 unspecified atom stereocenters. The van der Waals surface area contributed by atoms with Crippen LogP contribution in [0.15, 0.2) is 6.20 Å². The van der Waals surface area contributed by atoms with Crippen molar-refractivity contribution in [3.63, 3.8) is 0 Å². The average Bonchev–Trinajstić information content (AvgIpc) is 2.46. The molecule has 0 radical (unpaired) electrons. The van der Waals surface area contributed by atoms with Crippen molar-refractivity contribution in [3.8, 4) is 0 Å². The van der Waals surface area contributed by atoms with Gasteiger partial charge < -0.3 is 10.5 Å². The first kappa shape index (κ1) is 12.8. The third-order valence-electron chi connectivity index (χ3n) is 1.69. The normalized spacial score (nSPS) is 9.71. The Hall–Kier alpha value is -1.23. The highest BCUT2D eigenvalue weighted by Crippen LogP contribution is 2.13. The lowest BCUT2D eigenvalue weighted by molar-refractivity contribution is 0.0602. The lowest BCUT2D eigenvalue weighted by atomic mass is 10.3. The molecule has 1 heterocycles. The summed E-state index contributed by atoms with van der Waals surface area (Å²) in [7, 11) is 1.31. The molecular formula is C8H14ClN3O2. The molecule has 14 heavy (non-hydrogen) atoms. The van der Waals surface area contributed by atoms with Crippen molar-refractivity contribution in [3.05, 3.63) is 11.8 Å². The van der Waals surface area contributed by atoms with E-state index in [4.69, 9.17) is 5.73 Å². The second kappa shape index (κ2) is 4.85. The van der Waals surface area contributed by atoms with Crippen LogP contribution in [0.4, 0.5) is 5.82 Å². The summed E-state index contributed by atoms with van der Waals surface area (Å²) in [6.45, 7) is 3.90. The van der Waals surface area contributed by atoms with Crippen LogP contribution in [0, 0.1) is 0 Å². The molecule has 80 valence electrons. The summed E-state index contributed by atoms with van der Waals surface area (Å²) < 4.78 is 6.16. The molecule has 0 aliphatic heterocycles. The Morgan fingerprint density at radius 2 is 2.21 bits per heavy atom. The minimum atomic E-state index is -0.454. The number of esters is 1. The Kier molecular flexibility index (Phi) is 4.43. The van der Waals surface area contributed by atoms with E-state index in [9.17, 15) is 4.79 Å². The smallest absolute Gasteiger partial charge is 0.343 e. The monoisotopic (exact) mass is 219 g/mol. The number of carbonyl (C=O) groups is 1. The number of ether oxygens (including phenoxy) is 1. The maximum Gasteiger partial charge on any atom is 0.343 e. The standard InChI is InChI=1S/C8H13N3O2.ClH/c1-5(2)11-4-6(7(9)10-11)8(12)13-3;/h4-5H,1-3H3,(H2,9,10);1H. The van der Waals surface area contributed by atoms with Crippen molar-refractivity contribution in [2.24, 2.45) is 0 Å². The molecule has 1 aromatic heterocycles. The van der Waals surface area contributed by atoms with Crippen molar-refractivity contribution >= 4 is 24.2 Å². The number of anilines is 1. The first-order valence-corrected chi connectivity index (χ1v) is 3.99. The van der Waals surface area contributed by atoms with Crippen molar-refractivity contribution in [2.45, 2.75) is 19.9 Å². The largest absolute Gasteiger partial charge is 0.465 e. The number of methoxy groups -OCH3 is 1. The van der Waals surface area contributed by atoms with Gasteiger partial charge in [-0.3, -0.25) is 4.68 Å². The van der Waals surface area contributed by atoms with E-state index in [1.165, 1.54) is 7.11 Å². The minimum absolute atomic E-state index is 0. The number of nitrogens with two attached hydrogens (primary N) is 1. The van der Waals surface area contributed by atoms with Gasteiger partial charge in [-0.05, 0) is 13.8 Å². The van der Waals surface area contributed by atoms with E-state index in [1.54, 1.807) is 10.9 Å². The van der Waals surface area contributed by atoms with E-state index >= 15 is 0 Å². The summed E-state index contributed by atoms with van der Waals surface area (Å²) in [5.41, 5.74) is 5.84. The van der Waals surface area contributed by atoms with Crippen LogP contribution in [0.1, 0.15) is 30.2 Å². The molecule has 0 amide bonds. The van der Waals surface area contributed by atoms with E-state index in [-0.39, 0.29) is 24.3 Å². The SMILES string of the molecule is COC(=O)c1cn(C(C)C)nc1N.Cl. The molecule has 0 saturated heterocycles. The average molecular weight is 220 g/mol. The van der Waals surface area contributed by atoms with Crippen LogP contribution < -0.4 is 5.73 Å². The molecule has 0 fully saturated rings. The summed E-state index contributed by atoms with van der Waals surface area (Å²) in [5, 5.41) is 3.97. The number of carbonyl (C=O) groups excluding carboxylic acids is 1.